The molecule has 0 aromatic heterocycles. The van der Waals surface area contributed by atoms with E-state index in [-0.39, 0.29) is 5.41 Å². The summed E-state index contributed by atoms with van der Waals surface area (Å²) in [6, 6.07) is 3.26. The van der Waals surface area contributed by atoms with Gasteiger partial charge in [0.25, 0.3) is 0 Å². The zero-order valence-corrected chi connectivity index (χ0v) is 12.6. The molecule has 0 spiro atoms. The number of likely N-dealkylation sites (tertiary alicyclic amines) is 1. The Morgan fingerprint density at radius 1 is 1.33 bits per heavy atom. The van der Waals surface area contributed by atoms with Gasteiger partial charge in [-0.3, -0.25) is 0 Å². The summed E-state index contributed by atoms with van der Waals surface area (Å²) in [6.45, 7) is 7.64. The van der Waals surface area contributed by atoms with Crippen molar-refractivity contribution in [3.63, 3.8) is 0 Å². The van der Waals surface area contributed by atoms with Crippen molar-refractivity contribution in [1.82, 2.24) is 9.80 Å². The van der Waals surface area contributed by atoms with Crippen molar-refractivity contribution in [3.05, 3.63) is 0 Å². The van der Waals surface area contributed by atoms with Crippen LogP contribution in [0.25, 0.3) is 0 Å². The third-order valence-corrected chi connectivity index (χ3v) is 4.51. The van der Waals surface area contributed by atoms with Crippen LogP contribution in [0, 0.1) is 16.7 Å². The summed E-state index contributed by atoms with van der Waals surface area (Å²) in [5, 5.41) is 9.51. The Bertz CT molecular complexity index is 276. The second kappa shape index (κ2) is 7.11. The van der Waals surface area contributed by atoms with Gasteiger partial charge in [0.15, 0.2) is 0 Å². The first-order valence-electron chi connectivity index (χ1n) is 7.37. The van der Waals surface area contributed by atoms with Crippen molar-refractivity contribution in [2.24, 2.45) is 5.41 Å². The van der Waals surface area contributed by atoms with Gasteiger partial charge in [-0.2, -0.15) is 5.26 Å². The molecular formula is C15H29N3. The van der Waals surface area contributed by atoms with E-state index in [2.05, 4.69) is 43.8 Å². The van der Waals surface area contributed by atoms with E-state index in [0.29, 0.717) is 6.04 Å². The maximum atomic E-state index is 9.51. The molecule has 18 heavy (non-hydrogen) atoms. The Labute approximate surface area is 113 Å². The van der Waals surface area contributed by atoms with Gasteiger partial charge in [0.05, 0.1) is 11.5 Å². The lowest BCUT2D eigenvalue weighted by molar-refractivity contribution is 0.107. The van der Waals surface area contributed by atoms with Crippen LogP contribution in [0.4, 0.5) is 0 Å². The van der Waals surface area contributed by atoms with E-state index in [9.17, 15) is 5.26 Å². The third kappa shape index (κ3) is 3.96. The zero-order valence-electron chi connectivity index (χ0n) is 12.6. The number of nitriles is 1. The van der Waals surface area contributed by atoms with E-state index in [1.807, 2.05) is 0 Å². The maximum Gasteiger partial charge on any atom is 0.0703 e. The predicted octanol–water partition coefficient (Wildman–Crippen LogP) is 2.73. The van der Waals surface area contributed by atoms with Crippen molar-refractivity contribution in [2.75, 3.05) is 33.7 Å². The predicted molar refractivity (Wildman–Crippen MR) is 76.4 cm³/mol. The highest BCUT2D eigenvalue weighted by Crippen LogP contribution is 2.29. The van der Waals surface area contributed by atoms with Crippen LogP contribution in [0.2, 0.25) is 0 Å². The second-order valence-corrected chi connectivity index (χ2v) is 5.95. The SMILES string of the molecule is CCCC(C#N)(CC)CN(C)C1CCN(C)CC1. The topological polar surface area (TPSA) is 30.3 Å². The molecule has 1 heterocycles. The van der Waals surface area contributed by atoms with Crippen LogP contribution in [0.5, 0.6) is 0 Å². The van der Waals surface area contributed by atoms with Gasteiger partial charge in [0.2, 0.25) is 0 Å². The molecule has 1 rings (SSSR count). The molecule has 1 unspecified atom stereocenters. The number of piperidine rings is 1. The number of hydrogen-bond acceptors (Lipinski definition) is 3. The minimum absolute atomic E-state index is 0.132. The Balaban J connectivity index is 2.56. The Morgan fingerprint density at radius 3 is 2.39 bits per heavy atom. The smallest absolute Gasteiger partial charge is 0.0703 e. The van der Waals surface area contributed by atoms with Crippen LogP contribution in [0.15, 0.2) is 0 Å². The molecule has 0 bridgehead atoms. The van der Waals surface area contributed by atoms with E-state index in [0.717, 1.165) is 25.8 Å². The van der Waals surface area contributed by atoms with Crippen LogP contribution >= 0.6 is 0 Å². The van der Waals surface area contributed by atoms with Gasteiger partial charge in [0.1, 0.15) is 0 Å². The number of hydrogen-bond donors (Lipinski definition) is 0. The number of rotatable bonds is 6. The fourth-order valence-electron chi connectivity index (χ4n) is 3.06. The normalized spacial score (nSPS) is 21.8. The fourth-order valence-corrected chi connectivity index (χ4v) is 3.06. The largest absolute Gasteiger partial charge is 0.306 e. The van der Waals surface area contributed by atoms with Crippen LogP contribution in [0.3, 0.4) is 0 Å². The quantitative estimate of drug-likeness (QED) is 0.727. The molecule has 0 saturated carbocycles. The summed E-state index contributed by atoms with van der Waals surface area (Å²) in [5.41, 5.74) is -0.132. The van der Waals surface area contributed by atoms with E-state index in [4.69, 9.17) is 0 Å². The zero-order chi connectivity index (χ0) is 13.6. The lowest BCUT2D eigenvalue weighted by atomic mass is 9.81. The highest BCUT2D eigenvalue weighted by atomic mass is 15.2. The molecule has 0 aliphatic carbocycles. The standard InChI is InChI=1S/C15H29N3/c1-5-9-15(6-2,12-16)13-18(4)14-7-10-17(3)11-8-14/h14H,5-11,13H2,1-4H3. The molecule has 1 atom stereocenters. The molecule has 0 amide bonds. The van der Waals surface area contributed by atoms with Crippen molar-refractivity contribution in [1.29, 1.82) is 5.26 Å². The maximum absolute atomic E-state index is 9.51. The Morgan fingerprint density at radius 2 is 1.94 bits per heavy atom. The van der Waals surface area contributed by atoms with E-state index in [1.165, 1.54) is 25.9 Å². The lowest BCUT2D eigenvalue weighted by Gasteiger charge is -2.39. The van der Waals surface area contributed by atoms with Gasteiger partial charge in [-0.15, -0.1) is 0 Å². The monoisotopic (exact) mass is 251 g/mol. The molecule has 0 N–H and O–H groups in total. The summed E-state index contributed by atoms with van der Waals surface area (Å²) in [4.78, 5) is 4.84. The minimum Gasteiger partial charge on any atom is -0.306 e. The first-order chi connectivity index (χ1) is 8.56. The highest BCUT2D eigenvalue weighted by Gasteiger charge is 2.31. The number of nitrogens with zero attached hydrogens (tertiary/aromatic N) is 3. The summed E-state index contributed by atoms with van der Waals surface area (Å²) in [5.74, 6) is 0. The first kappa shape index (κ1) is 15.5. The van der Waals surface area contributed by atoms with Crippen LogP contribution in [-0.2, 0) is 0 Å². The molecule has 1 aliphatic heterocycles. The summed E-state index contributed by atoms with van der Waals surface area (Å²) in [7, 11) is 4.40. The molecule has 104 valence electrons. The van der Waals surface area contributed by atoms with Crippen LogP contribution in [0.1, 0.15) is 46.0 Å². The van der Waals surface area contributed by atoms with Gasteiger partial charge in [0, 0.05) is 12.6 Å². The van der Waals surface area contributed by atoms with E-state index < -0.39 is 0 Å². The van der Waals surface area contributed by atoms with Crippen molar-refractivity contribution < 1.29 is 0 Å². The molecular weight excluding hydrogens is 222 g/mol. The van der Waals surface area contributed by atoms with Gasteiger partial charge in [-0.1, -0.05) is 20.3 Å². The molecule has 0 radical (unpaired) electrons. The average Bonchev–Trinajstić information content (AvgIpc) is 2.38. The molecule has 1 aliphatic rings. The van der Waals surface area contributed by atoms with Gasteiger partial charge in [-0.05, 0) is 52.9 Å². The fraction of sp³-hybridized carbons (Fsp3) is 0.933. The highest BCUT2D eigenvalue weighted by molar-refractivity contribution is 5.00. The molecule has 1 fully saturated rings. The third-order valence-electron chi connectivity index (χ3n) is 4.51. The lowest BCUT2D eigenvalue weighted by Crippen LogP contribution is -2.45. The molecule has 0 aromatic carbocycles. The summed E-state index contributed by atoms with van der Waals surface area (Å²) >= 11 is 0. The molecule has 1 saturated heterocycles. The average molecular weight is 251 g/mol. The summed E-state index contributed by atoms with van der Waals surface area (Å²) in [6.07, 6.45) is 5.57. The molecule has 0 aromatic rings. The van der Waals surface area contributed by atoms with Gasteiger partial charge in [-0.25, -0.2) is 0 Å². The van der Waals surface area contributed by atoms with Crippen LogP contribution < -0.4 is 0 Å². The van der Waals surface area contributed by atoms with Crippen molar-refractivity contribution >= 4 is 0 Å². The van der Waals surface area contributed by atoms with Crippen molar-refractivity contribution in [3.8, 4) is 6.07 Å². The van der Waals surface area contributed by atoms with Gasteiger partial charge < -0.3 is 9.80 Å². The van der Waals surface area contributed by atoms with Crippen molar-refractivity contribution in [2.45, 2.75) is 52.0 Å². The van der Waals surface area contributed by atoms with Crippen LogP contribution in [-0.4, -0.2) is 49.6 Å². The van der Waals surface area contributed by atoms with E-state index >= 15 is 0 Å². The minimum atomic E-state index is -0.132. The first-order valence-corrected chi connectivity index (χ1v) is 7.37. The molecule has 3 heteroatoms. The second-order valence-electron chi connectivity index (χ2n) is 5.95. The van der Waals surface area contributed by atoms with E-state index in [1.54, 1.807) is 0 Å². The Kier molecular flexibility index (Phi) is 6.11. The molecule has 3 nitrogen and oxygen atoms in total. The summed E-state index contributed by atoms with van der Waals surface area (Å²) < 4.78 is 0. The Hall–Kier alpha value is -0.590. The van der Waals surface area contributed by atoms with Gasteiger partial charge >= 0.3 is 0 Å².